The van der Waals surface area contributed by atoms with Gasteiger partial charge in [-0.25, -0.2) is 4.79 Å². The highest BCUT2D eigenvalue weighted by molar-refractivity contribution is 5.88. The molecule has 0 bridgehead atoms. The smallest absolute Gasteiger partial charge is 0.335 e. The van der Waals surface area contributed by atoms with Gasteiger partial charge in [0.1, 0.15) is 12.4 Å². The molecular weight excluding hydrogens is 328 g/mol. The first-order valence-electron chi connectivity index (χ1n) is 8.10. The number of anilines is 1. The van der Waals surface area contributed by atoms with Gasteiger partial charge in [0.2, 0.25) is 0 Å². The summed E-state index contributed by atoms with van der Waals surface area (Å²) < 4.78 is 5.74. The van der Waals surface area contributed by atoms with Crippen LogP contribution in [0.3, 0.4) is 0 Å². The van der Waals surface area contributed by atoms with E-state index >= 15 is 0 Å². The summed E-state index contributed by atoms with van der Waals surface area (Å²) in [5, 5.41) is 13.0. The van der Waals surface area contributed by atoms with E-state index < -0.39 is 5.97 Å². The Hall–Kier alpha value is -3.60. The predicted molar refractivity (Wildman–Crippen MR) is 102 cm³/mol. The molecular formula is C21H18N2O3. The standard InChI is InChI=1S/C21H18N2O3/c24-21(25)18-8-10-19(11-9-18)23-22-14-16-6-12-20(13-7-16)26-15-17-4-2-1-3-5-17/h1-14,23H,15H2,(H,24,25)/b22-14+. The number of aromatic carboxylic acids is 1. The van der Waals surface area contributed by atoms with Crippen LogP contribution in [-0.2, 0) is 6.61 Å². The quantitative estimate of drug-likeness (QED) is 0.491. The van der Waals surface area contributed by atoms with E-state index in [1.165, 1.54) is 12.1 Å². The Morgan fingerprint density at radius 3 is 2.31 bits per heavy atom. The van der Waals surface area contributed by atoms with Gasteiger partial charge in [-0.2, -0.15) is 5.10 Å². The second-order valence-electron chi connectivity index (χ2n) is 5.60. The van der Waals surface area contributed by atoms with Crippen molar-refractivity contribution < 1.29 is 14.6 Å². The SMILES string of the molecule is O=C(O)c1ccc(N/N=C/c2ccc(OCc3ccccc3)cc2)cc1. The van der Waals surface area contributed by atoms with Gasteiger partial charge in [0, 0.05) is 0 Å². The number of carbonyl (C=O) groups is 1. The lowest BCUT2D eigenvalue weighted by Crippen LogP contribution is -1.97. The van der Waals surface area contributed by atoms with Gasteiger partial charge >= 0.3 is 5.97 Å². The molecule has 0 aliphatic rings. The number of nitrogens with one attached hydrogen (secondary N) is 1. The first kappa shape index (κ1) is 17.2. The Morgan fingerprint density at radius 1 is 0.962 bits per heavy atom. The molecule has 3 aromatic rings. The Labute approximate surface area is 151 Å². The maximum Gasteiger partial charge on any atom is 0.335 e. The average Bonchev–Trinajstić information content (AvgIpc) is 2.68. The predicted octanol–water partition coefficient (Wildman–Crippen LogP) is 4.41. The van der Waals surface area contributed by atoms with Gasteiger partial charge in [0.05, 0.1) is 17.5 Å². The van der Waals surface area contributed by atoms with Crippen LogP contribution >= 0.6 is 0 Å². The van der Waals surface area contributed by atoms with Crippen LogP contribution in [0.25, 0.3) is 0 Å². The molecule has 26 heavy (non-hydrogen) atoms. The highest BCUT2D eigenvalue weighted by Crippen LogP contribution is 2.14. The molecule has 0 unspecified atom stereocenters. The van der Waals surface area contributed by atoms with Crippen LogP contribution in [0.4, 0.5) is 5.69 Å². The lowest BCUT2D eigenvalue weighted by atomic mass is 10.2. The summed E-state index contributed by atoms with van der Waals surface area (Å²) in [5.41, 5.74) is 5.87. The number of hydrazone groups is 1. The molecule has 0 saturated heterocycles. The van der Waals surface area contributed by atoms with Gasteiger partial charge in [0.15, 0.2) is 0 Å². The molecule has 0 amide bonds. The number of hydrogen-bond acceptors (Lipinski definition) is 4. The van der Waals surface area contributed by atoms with Crippen LogP contribution in [0.5, 0.6) is 5.75 Å². The largest absolute Gasteiger partial charge is 0.489 e. The van der Waals surface area contributed by atoms with Crippen LogP contribution in [0.1, 0.15) is 21.5 Å². The summed E-state index contributed by atoms with van der Waals surface area (Å²) in [6.07, 6.45) is 1.69. The molecule has 0 radical (unpaired) electrons. The van der Waals surface area contributed by atoms with E-state index in [4.69, 9.17) is 9.84 Å². The molecule has 0 aliphatic carbocycles. The lowest BCUT2D eigenvalue weighted by molar-refractivity contribution is 0.0697. The van der Waals surface area contributed by atoms with E-state index in [1.807, 2.05) is 54.6 Å². The monoisotopic (exact) mass is 346 g/mol. The fourth-order valence-corrected chi connectivity index (χ4v) is 2.26. The molecule has 0 aromatic heterocycles. The van der Waals surface area contributed by atoms with Crippen molar-refractivity contribution in [2.75, 3.05) is 5.43 Å². The Bertz CT molecular complexity index is 873. The molecule has 2 N–H and O–H groups in total. The first-order valence-corrected chi connectivity index (χ1v) is 8.10. The van der Waals surface area contributed by atoms with Crippen molar-refractivity contribution in [2.24, 2.45) is 5.10 Å². The van der Waals surface area contributed by atoms with Gasteiger partial charge in [-0.15, -0.1) is 0 Å². The zero-order valence-corrected chi connectivity index (χ0v) is 14.0. The van der Waals surface area contributed by atoms with Crippen molar-refractivity contribution in [3.05, 3.63) is 95.6 Å². The van der Waals surface area contributed by atoms with E-state index in [9.17, 15) is 4.79 Å². The summed E-state index contributed by atoms with van der Waals surface area (Å²) >= 11 is 0. The normalized spacial score (nSPS) is 10.6. The summed E-state index contributed by atoms with van der Waals surface area (Å²) in [4.78, 5) is 10.8. The highest BCUT2D eigenvalue weighted by Gasteiger charge is 2.00. The van der Waals surface area contributed by atoms with Crippen molar-refractivity contribution in [1.82, 2.24) is 0 Å². The van der Waals surface area contributed by atoms with Crippen LogP contribution in [0.2, 0.25) is 0 Å². The third kappa shape index (κ3) is 4.95. The van der Waals surface area contributed by atoms with E-state index in [1.54, 1.807) is 18.3 Å². The van der Waals surface area contributed by atoms with Crippen molar-refractivity contribution in [1.29, 1.82) is 0 Å². The third-order valence-corrected chi connectivity index (χ3v) is 3.67. The fourth-order valence-electron chi connectivity index (χ4n) is 2.26. The molecule has 0 fully saturated rings. The molecule has 3 aromatic carbocycles. The molecule has 130 valence electrons. The van der Waals surface area contributed by atoms with E-state index in [0.717, 1.165) is 16.9 Å². The topological polar surface area (TPSA) is 70.9 Å². The van der Waals surface area contributed by atoms with E-state index in [2.05, 4.69) is 10.5 Å². The Kier molecular flexibility index (Phi) is 5.62. The second-order valence-corrected chi connectivity index (χ2v) is 5.60. The van der Waals surface area contributed by atoms with E-state index in [-0.39, 0.29) is 5.56 Å². The van der Waals surface area contributed by atoms with Crippen LogP contribution in [0, 0.1) is 0 Å². The van der Waals surface area contributed by atoms with Gasteiger partial charge in [0.25, 0.3) is 0 Å². The maximum absolute atomic E-state index is 10.8. The average molecular weight is 346 g/mol. The lowest BCUT2D eigenvalue weighted by Gasteiger charge is -2.06. The molecule has 3 rings (SSSR count). The molecule has 0 saturated carbocycles. The summed E-state index contributed by atoms with van der Waals surface area (Å²) in [6, 6.07) is 24.0. The van der Waals surface area contributed by atoms with Crippen LogP contribution in [-0.4, -0.2) is 17.3 Å². The van der Waals surface area contributed by atoms with Crippen molar-refractivity contribution >= 4 is 17.9 Å². The van der Waals surface area contributed by atoms with Crippen LogP contribution < -0.4 is 10.2 Å². The molecule has 0 heterocycles. The summed E-state index contributed by atoms with van der Waals surface area (Å²) in [6.45, 7) is 0.530. The van der Waals surface area contributed by atoms with Gasteiger partial charge in [-0.05, 0) is 59.7 Å². The van der Waals surface area contributed by atoms with Crippen LogP contribution in [0.15, 0.2) is 84.0 Å². The number of nitrogens with zero attached hydrogens (tertiary/aromatic N) is 1. The second kappa shape index (κ2) is 8.48. The maximum atomic E-state index is 10.8. The Morgan fingerprint density at radius 2 is 1.65 bits per heavy atom. The number of benzene rings is 3. The van der Waals surface area contributed by atoms with Crippen molar-refractivity contribution in [2.45, 2.75) is 6.61 Å². The van der Waals surface area contributed by atoms with Gasteiger partial charge < -0.3 is 9.84 Å². The third-order valence-electron chi connectivity index (χ3n) is 3.67. The molecule has 0 atom stereocenters. The minimum absolute atomic E-state index is 0.241. The van der Waals surface area contributed by atoms with Crippen molar-refractivity contribution in [3.8, 4) is 5.75 Å². The number of carboxylic acids is 1. The molecule has 5 nitrogen and oxygen atoms in total. The Balaban J connectivity index is 1.52. The van der Waals surface area contributed by atoms with E-state index in [0.29, 0.717) is 12.3 Å². The first-order chi connectivity index (χ1) is 12.7. The minimum atomic E-state index is -0.949. The highest BCUT2D eigenvalue weighted by atomic mass is 16.5. The van der Waals surface area contributed by atoms with Crippen molar-refractivity contribution in [3.63, 3.8) is 0 Å². The number of rotatable bonds is 7. The zero-order valence-electron chi connectivity index (χ0n) is 14.0. The summed E-state index contributed by atoms with van der Waals surface area (Å²) in [7, 11) is 0. The van der Waals surface area contributed by atoms with Gasteiger partial charge in [-0.1, -0.05) is 30.3 Å². The fraction of sp³-hybridized carbons (Fsp3) is 0.0476. The minimum Gasteiger partial charge on any atom is -0.489 e. The molecule has 5 heteroatoms. The molecule has 0 spiro atoms. The number of ether oxygens (including phenoxy) is 1. The summed E-state index contributed by atoms with van der Waals surface area (Å²) in [5.74, 6) is -0.155. The zero-order chi connectivity index (χ0) is 18.2. The number of carboxylic acid groups (broad SMARTS) is 1. The number of hydrogen-bond donors (Lipinski definition) is 2. The van der Waals surface area contributed by atoms with Gasteiger partial charge in [-0.3, -0.25) is 5.43 Å². The molecule has 0 aliphatic heterocycles.